The Kier molecular flexibility index (Phi) is 16.8. The van der Waals surface area contributed by atoms with Gasteiger partial charge in [0.05, 0.1) is 0 Å². The van der Waals surface area contributed by atoms with E-state index < -0.39 is 8.80 Å². The zero-order valence-electron chi connectivity index (χ0n) is 20.0. The minimum Gasteiger partial charge on any atom is -0.377 e. The first-order valence-electron chi connectivity index (χ1n) is 11.8. The van der Waals surface area contributed by atoms with Crippen LogP contribution in [0.15, 0.2) is 0 Å². The molecule has 0 aromatic carbocycles. The molecule has 0 spiro atoms. The van der Waals surface area contributed by atoms with Crippen molar-refractivity contribution in [1.82, 2.24) is 0 Å². The van der Waals surface area contributed by atoms with Crippen LogP contribution in [0.3, 0.4) is 0 Å². The van der Waals surface area contributed by atoms with E-state index in [2.05, 4.69) is 20.8 Å². The van der Waals surface area contributed by atoms with Crippen LogP contribution in [-0.4, -0.2) is 35.7 Å². The van der Waals surface area contributed by atoms with Crippen molar-refractivity contribution in [2.75, 3.05) is 21.3 Å². The van der Waals surface area contributed by atoms with Crippen LogP contribution in [0.1, 0.15) is 117 Å². The van der Waals surface area contributed by atoms with E-state index in [1.165, 1.54) is 83.5 Å². The van der Waals surface area contributed by atoms with Crippen LogP contribution in [0.2, 0.25) is 5.54 Å². The lowest BCUT2D eigenvalue weighted by molar-refractivity contribution is 0.104. The molecule has 4 nitrogen and oxygen atoms in total. The number of hydrogen-bond donors (Lipinski definition) is 1. The predicted molar refractivity (Wildman–Crippen MR) is 124 cm³/mol. The van der Waals surface area contributed by atoms with Gasteiger partial charge in [0.15, 0.2) is 0 Å². The molecule has 0 aliphatic rings. The van der Waals surface area contributed by atoms with Crippen molar-refractivity contribution in [3.8, 4) is 0 Å². The summed E-state index contributed by atoms with van der Waals surface area (Å²) in [6, 6.07) is 0. The summed E-state index contributed by atoms with van der Waals surface area (Å²) in [7, 11) is 2.48. The molecule has 0 saturated carbocycles. The van der Waals surface area contributed by atoms with Crippen LogP contribution in [-0.2, 0) is 13.3 Å². The first-order chi connectivity index (χ1) is 13.3. The van der Waals surface area contributed by atoms with Gasteiger partial charge in [-0.1, -0.05) is 90.4 Å². The van der Waals surface area contributed by atoms with Crippen molar-refractivity contribution in [3.63, 3.8) is 0 Å². The quantitative estimate of drug-likeness (QED) is 0.174. The van der Waals surface area contributed by atoms with E-state index in [0.29, 0.717) is 0 Å². The molecule has 0 heterocycles. The Morgan fingerprint density at radius 1 is 0.679 bits per heavy atom. The maximum absolute atomic E-state index is 6.30. The molecule has 170 valence electrons. The van der Waals surface area contributed by atoms with E-state index in [1.54, 1.807) is 21.3 Å². The first kappa shape index (κ1) is 28.1. The lowest BCUT2D eigenvalue weighted by Gasteiger charge is -2.36. The lowest BCUT2D eigenvalue weighted by atomic mass is 9.96. The molecular weight excluding hydrogens is 366 g/mol. The van der Waals surface area contributed by atoms with E-state index in [-0.39, 0.29) is 11.1 Å². The Labute approximate surface area is 177 Å². The van der Waals surface area contributed by atoms with Gasteiger partial charge in [0.25, 0.3) is 0 Å². The largest absolute Gasteiger partial charge is 0.503 e. The molecule has 0 aromatic heterocycles. The van der Waals surface area contributed by atoms with Crippen LogP contribution < -0.4 is 5.73 Å². The van der Waals surface area contributed by atoms with Crippen molar-refractivity contribution in [1.29, 1.82) is 0 Å². The van der Waals surface area contributed by atoms with E-state index in [4.69, 9.17) is 19.0 Å². The average Bonchev–Trinajstić information content (AvgIpc) is 2.66. The minimum atomic E-state index is -2.64. The third-order valence-electron chi connectivity index (χ3n) is 5.78. The minimum absolute atomic E-state index is 0.241. The van der Waals surface area contributed by atoms with Gasteiger partial charge in [-0.25, -0.2) is 0 Å². The number of unbranched alkanes of at least 4 members (excludes halogenated alkanes) is 12. The Hall–Kier alpha value is 0.0569. The smallest absolute Gasteiger partial charge is 0.377 e. The van der Waals surface area contributed by atoms with Crippen LogP contribution in [0.4, 0.5) is 0 Å². The lowest BCUT2D eigenvalue weighted by Crippen LogP contribution is -2.50. The highest BCUT2D eigenvalue weighted by Crippen LogP contribution is 2.36. The Balaban J connectivity index is 3.94. The monoisotopic (exact) mass is 417 g/mol. The normalized spacial score (nSPS) is 13.8. The van der Waals surface area contributed by atoms with Crippen LogP contribution in [0.5, 0.6) is 0 Å². The highest BCUT2D eigenvalue weighted by Gasteiger charge is 2.48. The summed E-state index contributed by atoms with van der Waals surface area (Å²) in [4.78, 5) is 0. The molecule has 0 radical (unpaired) electrons. The fraction of sp³-hybridized carbons (Fsp3) is 1.00. The molecular formula is C23H51NO3Si. The Bertz CT molecular complexity index is 335. The molecule has 0 aliphatic heterocycles. The van der Waals surface area contributed by atoms with Gasteiger partial charge in [-0.3, -0.25) is 0 Å². The molecule has 0 rings (SSSR count). The molecule has 28 heavy (non-hydrogen) atoms. The van der Waals surface area contributed by atoms with E-state index in [0.717, 1.165) is 12.8 Å². The fourth-order valence-corrected chi connectivity index (χ4v) is 7.03. The van der Waals surface area contributed by atoms with Gasteiger partial charge in [-0.05, 0) is 26.7 Å². The average molecular weight is 418 g/mol. The third-order valence-corrected chi connectivity index (χ3v) is 8.98. The molecule has 0 saturated heterocycles. The van der Waals surface area contributed by atoms with Gasteiger partial charge >= 0.3 is 8.80 Å². The maximum atomic E-state index is 6.30. The summed E-state index contributed by atoms with van der Waals surface area (Å²) >= 11 is 0. The molecule has 1 unspecified atom stereocenters. The molecule has 0 bridgehead atoms. The highest BCUT2D eigenvalue weighted by atomic mass is 28.4. The Morgan fingerprint density at radius 2 is 1.04 bits per heavy atom. The van der Waals surface area contributed by atoms with Crippen molar-refractivity contribution in [3.05, 3.63) is 0 Å². The van der Waals surface area contributed by atoms with Crippen molar-refractivity contribution >= 4 is 8.80 Å². The van der Waals surface area contributed by atoms with Gasteiger partial charge in [-0.15, -0.1) is 0 Å². The highest BCUT2D eigenvalue weighted by molar-refractivity contribution is 6.62. The maximum Gasteiger partial charge on any atom is 0.503 e. The number of nitrogens with two attached hydrogens (primary N) is 1. The van der Waals surface area contributed by atoms with E-state index >= 15 is 0 Å². The molecule has 0 amide bonds. The summed E-state index contributed by atoms with van der Waals surface area (Å²) in [5, 5.41) is 0. The number of rotatable bonds is 20. The second-order valence-electron chi connectivity index (χ2n) is 9.14. The zero-order valence-corrected chi connectivity index (χ0v) is 21.0. The van der Waals surface area contributed by atoms with Gasteiger partial charge in [0, 0.05) is 32.4 Å². The Morgan fingerprint density at radius 3 is 1.36 bits per heavy atom. The summed E-state index contributed by atoms with van der Waals surface area (Å²) in [6.07, 6.45) is 19.8. The molecule has 1 atom stereocenters. The van der Waals surface area contributed by atoms with Gasteiger partial charge in [-0.2, -0.15) is 0 Å². The van der Waals surface area contributed by atoms with Gasteiger partial charge in [0.1, 0.15) is 0 Å². The van der Waals surface area contributed by atoms with Gasteiger partial charge < -0.3 is 19.0 Å². The second kappa shape index (κ2) is 16.8. The molecule has 5 heteroatoms. The van der Waals surface area contributed by atoms with Gasteiger partial charge in [0.2, 0.25) is 0 Å². The number of hydrogen-bond acceptors (Lipinski definition) is 4. The van der Waals surface area contributed by atoms with Crippen molar-refractivity contribution in [2.45, 2.75) is 128 Å². The van der Waals surface area contributed by atoms with Crippen LogP contribution in [0, 0.1) is 0 Å². The van der Waals surface area contributed by atoms with E-state index in [1.807, 2.05) is 0 Å². The van der Waals surface area contributed by atoms with Crippen LogP contribution >= 0.6 is 0 Å². The summed E-state index contributed by atoms with van der Waals surface area (Å²) in [5.41, 5.74) is 6.32. The standard InChI is InChI=1S/C23H51NO3Si/c1-7-8-9-10-11-12-13-14-15-16-17-18-19-20-22(21-23(2,3)24)28(25-4,26-5)27-6/h22H,7-21,24H2,1-6H3. The molecule has 0 fully saturated rings. The summed E-state index contributed by atoms with van der Waals surface area (Å²) < 4.78 is 17.2. The first-order valence-corrected chi connectivity index (χ1v) is 13.6. The van der Waals surface area contributed by atoms with Crippen molar-refractivity contribution < 1.29 is 13.3 Å². The summed E-state index contributed by atoms with van der Waals surface area (Å²) in [6.45, 7) is 6.43. The van der Waals surface area contributed by atoms with Crippen LogP contribution in [0.25, 0.3) is 0 Å². The SMILES string of the molecule is CCCCCCCCCCCCCCCC(CC(C)(C)N)[Si](OC)(OC)OC. The topological polar surface area (TPSA) is 53.7 Å². The zero-order chi connectivity index (χ0) is 21.3. The second-order valence-corrected chi connectivity index (χ2v) is 12.4. The molecule has 0 aliphatic carbocycles. The van der Waals surface area contributed by atoms with E-state index in [9.17, 15) is 0 Å². The summed E-state index contributed by atoms with van der Waals surface area (Å²) in [5.74, 6) is 0. The fourth-order valence-electron chi connectivity index (χ4n) is 4.20. The predicted octanol–water partition coefficient (Wildman–Crippen LogP) is 6.84. The molecule has 2 N–H and O–H groups in total. The molecule has 0 aromatic rings. The third kappa shape index (κ3) is 13.3. The van der Waals surface area contributed by atoms with Crippen molar-refractivity contribution in [2.24, 2.45) is 5.73 Å².